The SMILES string of the molecule is CCc1cn(N(C)C)nn1. The predicted octanol–water partition coefficient (Wildman–Crippen LogP) is 0.0381. The van der Waals surface area contributed by atoms with Gasteiger partial charge in [0.1, 0.15) is 0 Å². The highest BCUT2D eigenvalue weighted by Gasteiger charge is 1.96. The summed E-state index contributed by atoms with van der Waals surface area (Å²) < 4.78 is 0. The predicted molar refractivity (Wildman–Crippen MR) is 39.5 cm³/mol. The summed E-state index contributed by atoms with van der Waals surface area (Å²) in [6.07, 6.45) is 2.86. The molecule has 0 aliphatic rings. The molecule has 0 aliphatic carbocycles. The summed E-state index contributed by atoms with van der Waals surface area (Å²) in [6.45, 7) is 2.06. The van der Waals surface area contributed by atoms with Crippen molar-refractivity contribution in [2.45, 2.75) is 13.3 Å². The van der Waals surface area contributed by atoms with E-state index in [1.54, 1.807) is 4.79 Å². The van der Waals surface area contributed by atoms with Gasteiger partial charge >= 0.3 is 0 Å². The molecular weight excluding hydrogens is 128 g/mol. The summed E-state index contributed by atoms with van der Waals surface area (Å²) in [5.74, 6) is 0. The molecule has 0 aliphatic heterocycles. The fourth-order valence-corrected chi connectivity index (χ4v) is 0.646. The molecule has 1 heterocycles. The van der Waals surface area contributed by atoms with E-state index >= 15 is 0 Å². The van der Waals surface area contributed by atoms with Gasteiger partial charge in [-0.15, -0.1) is 5.10 Å². The maximum Gasteiger partial charge on any atom is 0.0846 e. The Kier molecular flexibility index (Phi) is 1.89. The maximum absolute atomic E-state index is 3.93. The minimum absolute atomic E-state index is 0.938. The second kappa shape index (κ2) is 2.68. The van der Waals surface area contributed by atoms with Gasteiger partial charge < -0.3 is 5.01 Å². The third-order valence-corrected chi connectivity index (χ3v) is 1.30. The van der Waals surface area contributed by atoms with Gasteiger partial charge in [-0.2, -0.15) is 4.79 Å². The second-order valence-electron chi connectivity index (χ2n) is 2.33. The van der Waals surface area contributed by atoms with Gasteiger partial charge in [0, 0.05) is 14.1 Å². The van der Waals surface area contributed by atoms with Gasteiger partial charge in [-0.05, 0) is 11.6 Å². The highest BCUT2D eigenvalue weighted by molar-refractivity contribution is 4.92. The van der Waals surface area contributed by atoms with Crippen LogP contribution in [-0.2, 0) is 6.42 Å². The smallest absolute Gasteiger partial charge is 0.0846 e. The van der Waals surface area contributed by atoms with Crippen molar-refractivity contribution in [1.82, 2.24) is 15.1 Å². The first-order chi connectivity index (χ1) is 4.74. The molecule has 0 saturated carbocycles. The number of aryl methyl sites for hydroxylation is 1. The van der Waals surface area contributed by atoms with Crippen LogP contribution in [-0.4, -0.2) is 29.2 Å². The quantitative estimate of drug-likeness (QED) is 0.581. The highest BCUT2D eigenvalue weighted by Crippen LogP contribution is 1.91. The largest absolute Gasteiger partial charge is 0.302 e. The summed E-state index contributed by atoms with van der Waals surface area (Å²) in [4.78, 5) is 1.71. The van der Waals surface area contributed by atoms with E-state index in [9.17, 15) is 0 Å². The Morgan fingerprint density at radius 1 is 1.60 bits per heavy atom. The van der Waals surface area contributed by atoms with E-state index in [4.69, 9.17) is 0 Å². The van der Waals surface area contributed by atoms with Crippen molar-refractivity contribution in [3.63, 3.8) is 0 Å². The molecule has 1 aromatic heterocycles. The molecule has 0 fully saturated rings. The molecule has 0 radical (unpaired) electrons. The van der Waals surface area contributed by atoms with Crippen LogP contribution in [0.25, 0.3) is 0 Å². The molecular formula is C6H12N4. The van der Waals surface area contributed by atoms with Crippen LogP contribution in [0, 0.1) is 0 Å². The third kappa shape index (κ3) is 1.26. The van der Waals surface area contributed by atoms with Crippen LogP contribution >= 0.6 is 0 Å². The van der Waals surface area contributed by atoms with Crippen molar-refractivity contribution in [1.29, 1.82) is 0 Å². The molecule has 0 N–H and O–H groups in total. The van der Waals surface area contributed by atoms with Gasteiger partial charge in [-0.3, -0.25) is 0 Å². The Balaban J connectivity index is 2.78. The van der Waals surface area contributed by atoms with Crippen molar-refractivity contribution in [3.05, 3.63) is 11.9 Å². The lowest BCUT2D eigenvalue weighted by Gasteiger charge is -2.08. The summed E-state index contributed by atoms with van der Waals surface area (Å²) in [6, 6.07) is 0. The Labute approximate surface area is 60.4 Å². The molecule has 0 unspecified atom stereocenters. The topological polar surface area (TPSA) is 34.0 Å². The zero-order chi connectivity index (χ0) is 7.56. The fraction of sp³-hybridized carbons (Fsp3) is 0.667. The van der Waals surface area contributed by atoms with Crippen LogP contribution in [0.15, 0.2) is 6.20 Å². The van der Waals surface area contributed by atoms with Crippen molar-refractivity contribution in [2.24, 2.45) is 0 Å². The van der Waals surface area contributed by atoms with Crippen LogP contribution < -0.4 is 5.01 Å². The van der Waals surface area contributed by atoms with Crippen LogP contribution in [0.2, 0.25) is 0 Å². The van der Waals surface area contributed by atoms with E-state index < -0.39 is 0 Å². The van der Waals surface area contributed by atoms with E-state index in [0.717, 1.165) is 12.1 Å². The maximum atomic E-state index is 3.93. The summed E-state index contributed by atoms with van der Waals surface area (Å²) in [7, 11) is 3.85. The highest BCUT2D eigenvalue weighted by atomic mass is 15.7. The lowest BCUT2D eigenvalue weighted by molar-refractivity contribution is 0.609. The number of rotatable bonds is 2. The first-order valence-corrected chi connectivity index (χ1v) is 3.33. The first kappa shape index (κ1) is 7.05. The molecule has 0 atom stereocenters. The Bertz CT molecular complexity index is 203. The third-order valence-electron chi connectivity index (χ3n) is 1.30. The van der Waals surface area contributed by atoms with Gasteiger partial charge in [-0.25, -0.2) is 0 Å². The number of hydrogen-bond donors (Lipinski definition) is 0. The molecule has 0 spiro atoms. The van der Waals surface area contributed by atoms with E-state index in [-0.39, 0.29) is 0 Å². The van der Waals surface area contributed by atoms with Crippen molar-refractivity contribution in [3.8, 4) is 0 Å². The van der Waals surface area contributed by atoms with Gasteiger partial charge in [0.05, 0.1) is 11.9 Å². The average Bonchev–Trinajstić information content (AvgIpc) is 2.34. The van der Waals surface area contributed by atoms with E-state index in [2.05, 4.69) is 17.2 Å². The number of hydrogen-bond acceptors (Lipinski definition) is 3. The normalized spacial score (nSPS) is 9.90. The molecule has 4 heteroatoms. The Morgan fingerprint density at radius 2 is 2.30 bits per heavy atom. The zero-order valence-electron chi connectivity index (χ0n) is 6.57. The minimum Gasteiger partial charge on any atom is -0.302 e. The molecule has 1 aromatic rings. The lowest BCUT2D eigenvalue weighted by atomic mass is 10.4. The monoisotopic (exact) mass is 140 g/mol. The summed E-state index contributed by atoms with van der Waals surface area (Å²) in [5, 5.41) is 9.67. The van der Waals surface area contributed by atoms with Gasteiger partial charge in [0.15, 0.2) is 0 Å². The summed E-state index contributed by atoms with van der Waals surface area (Å²) >= 11 is 0. The first-order valence-electron chi connectivity index (χ1n) is 3.33. The van der Waals surface area contributed by atoms with Crippen molar-refractivity contribution >= 4 is 0 Å². The van der Waals surface area contributed by atoms with Crippen LogP contribution in [0.3, 0.4) is 0 Å². The molecule has 0 saturated heterocycles. The van der Waals surface area contributed by atoms with E-state index in [0.29, 0.717) is 0 Å². The molecule has 0 amide bonds. The van der Waals surface area contributed by atoms with Gasteiger partial charge in [0.25, 0.3) is 0 Å². The van der Waals surface area contributed by atoms with Crippen molar-refractivity contribution in [2.75, 3.05) is 19.1 Å². The van der Waals surface area contributed by atoms with Crippen LogP contribution in [0.4, 0.5) is 0 Å². The molecule has 4 nitrogen and oxygen atoms in total. The van der Waals surface area contributed by atoms with Crippen LogP contribution in [0.1, 0.15) is 12.6 Å². The molecule has 1 rings (SSSR count). The van der Waals surface area contributed by atoms with Crippen molar-refractivity contribution < 1.29 is 0 Å². The summed E-state index contributed by atoms with van der Waals surface area (Å²) in [5.41, 5.74) is 1.02. The molecule has 0 aromatic carbocycles. The zero-order valence-corrected chi connectivity index (χ0v) is 6.57. The lowest BCUT2D eigenvalue weighted by Crippen LogP contribution is -2.25. The molecule has 0 bridgehead atoms. The molecule has 10 heavy (non-hydrogen) atoms. The minimum atomic E-state index is 0.938. The Hall–Kier alpha value is -1.06. The van der Waals surface area contributed by atoms with E-state index in [1.807, 2.05) is 25.3 Å². The standard InChI is InChI=1S/C6H12N4/c1-4-6-5-10(8-7-6)9(2)3/h5H,4H2,1-3H3. The van der Waals surface area contributed by atoms with E-state index in [1.165, 1.54) is 0 Å². The number of aromatic nitrogens is 3. The van der Waals surface area contributed by atoms with Gasteiger partial charge in [0.2, 0.25) is 0 Å². The Morgan fingerprint density at radius 3 is 2.60 bits per heavy atom. The van der Waals surface area contributed by atoms with Gasteiger partial charge in [-0.1, -0.05) is 6.92 Å². The van der Waals surface area contributed by atoms with Crippen LogP contribution in [0.5, 0.6) is 0 Å². The molecule has 56 valence electrons. The average molecular weight is 140 g/mol. The fourth-order valence-electron chi connectivity index (χ4n) is 0.646. The second-order valence-corrected chi connectivity index (χ2v) is 2.33. The number of nitrogens with zero attached hydrogens (tertiary/aromatic N) is 4.